The molecular formula is C53H50Cl2F2N10O4. The van der Waals surface area contributed by atoms with E-state index in [1.54, 1.807) is 92.9 Å². The van der Waals surface area contributed by atoms with Crippen molar-refractivity contribution >= 4 is 34.7 Å². The van der Waals surface area contributed by atoms with Crippen molar-refractivity contribution in [3.63, 3.8) is 0 Å². The second-order valence-corrected chi connectivity index (χ2v) is 19.2. The summed E-state index contributed by atoms with van der Waals surface area (Å²) in [5, 5.41) is 24.1. The number of nitrogens with zero attached hydrogens (tertiary/aromatic N) is 9. The van der Waals surface area contributed by atoms with Crippen molar-refractivity contribution in [3.8, 4) is 67.4 Å². The topological polar surface area (TPSA) is 156 Å². The number of hydrogen-bond donors (Lipinski definition) is 3. The van der Waals surface area contributed by atoms with Gasteiger partial charge in [0.15, 0.2) is 0 Å². The predicted octanol–water partition coefficient (Wildman–Crippen LogP) is 8.70. The molecule has 0 spiro atoms. The molecule has 0 amide bonds. The van der Waals surface area contributed by atoms with Gasteiger partial charge in [-0.2, -0.15) is 0 Å². The number of hydrogen-bond acceptors (Lipinski definition) is 10. The van der Waals surface area contributed by atoms with Gasteiger partial charge in [0.2, 0.25) is 0 Å². The summed E-state index contributed by atoms with van der Waals surface area (Å²) >= 11 is 13.6. The quantitative estimate of drug-likeness (QED) is 0.121. The zero-order valence-electron chi connectivity index (χ0n) is 39.1. The van der Waals surface area contributed by atoms with Gasteiger partial charge in [-0.05, 0) is 110 Å². The van der Waals surface area contributed by atoms with Gasteiger partial charge in [-0.15, -0.1) is 0 Å². The molecule has 4 aromatic carbocycles. The average molecular weight is 1000 g/mol. The van der Waals surface area contributed by atoms with Gasteiger partial charge in [-0.3, -0.25) is 18.7 Å². The number of phenolic OH excluding ortho intramolecular Hbond substituents is 2. The Hall–Kier alpha value is -7.24. The smallest absolute Gasteiger partial charge is 0.333 e. The molecule has 8 aromatic rings. The Kier molecular flexibility index (Phi) is 12.8. The van der Waals surface area contributed by atoms with Gasteiger partial charge >= 0.3 is 11.4 Å². The molecule has 2 saturated heterocycles. The molecule has 14 nitrogen and oxygen atoms in total. The molecule has 0 bridgehead atoms. The van der Waals surface area contributed by atoms with E-state index in [0.717, 1.165) is 38.2 Å². The Balaban J connectivity index is 0.970. The molecule has 0 saturated carbocycles. The number of piperazine rings is 1. The van der Waals surface area contributed by atoms with Crippen molar-refractivity contribution < 1.29 is 19.0 Å². The molecule has 1 atom stereocenters. The zero-order chi connectivity index (χ0) is 49.8. The van der Waals surface area contributed by atoms with Gasteiger partial charge in [-0.1, -0.05) is 35.3 Å². The molecule has 2 aliphatic heterocycles. The minimum absolute atomic E-state index is 0.0313. The van der Waals surface area contributed by atoms with E-state index < -0.39 is 17.3 Å². The number of pyridine rings is 2. The van der Waals surface area contributed by atoms with Crippen molar-refractivity contribution in [2.24, 2.45) is 12.8 Å². The van der Waals surface area contributed by atoms with Crippen LogP contribution in [-0.4, -0.2) is 95.2 Å². The van der Waals surface area contributed by atoms with Crippen LogP contribution in [0.3, 0.4) is 0 Å². The maximum Gasteiger partial charge on any atom is 0.333 e. The fourth-order valence-electron chi connectivity index (χ4n) is 9.53. The molecule has 4 N–H and O–H groups in total. The molecule has 2 fully saturated rings. The second kappa shape index (κ2) is 19.2. The summed E-state index contributed by atoms with van der Waals surface area (Å²) in [6.45, 7) is 5.91. The number of phenols is 2. The molecule has 2 aliphatic rings. The van der Waals surface area contributed by atoms with Crippen LogP contribution in [0.4, 0.5) is 20.3 Å². The van der Waals surface area contributed by atoms with Gasteiger partial charge in [0.25, 0.3) is 0 Å². The summed E-state index contributed by atoms with van der Waals surface area (Å²) in [5.74, 6) is -0.981. The summed E-state index contributed by atoms with van der Waals surface area (Å²) in [4.78, 5) is 42.8. The number of benzene rings is 4. The fraction of sp³-hybridized carbons (Fsp3) is 0.245. The average Bonchev–Trinajstić information content (AvgIpc) is 3.89. The van der Waals surface area contributed by atoms with Crippen LogP contribution >= 0.6 is 23.2 Å². The standard InChI is InChI=1S/C53H50Cl2F2N10O4/c1-31-29-64(14-12-61(31)2)39-18-34(26-59-28-39)43-23-36(56)21-41(50(43)68)32-5-7-48(46(55)19-32)67-17-15-65(53(67)71)30-35-27-60-49(63-10-8-38(58)9-11-63)25-40(35)44-24-37(57)22-42(51(44)69)33-4-6-47(45(54)20-33)66-16-13-62(3)52(66)70/h4-7,13,15-28,31,38,68-69H,8-12,14,29-30,58H2,1-3H3/t31-/m1/s1. The lowest BCUT2D eigenvalue weighted by molar-refractivity contribution is 0.234. The van der Waals surface area contributed by atoms with E-state index in [4.69, 9.17) is 33.9 Å². The van der Waals surface area contributed by atoms with Crippen molar-refractivity contribution in [2.45, 2.75) is 38.4 Å². The van der Waals surface area contributed by atoms with E-state index in [0.29, 0.717) is 64.1 Å². The van der Waals surface area contributed by atoms with Crippen LogP contribution in [0.5, 0.6) is 11.5 Å². The van der Waals surface area contributed by atoms with E-state index in [2.05, 4.69) is 33.7 Å². The molecule has 364 valence electrons. The van der Waals surface area contributed by atoms with Crippen LogP contribution in [0, 0.1) is 11.6 Å². The molecule has 71 heavy (non-hydrogen) atoms. The summed E-state index contributed by atoms with van der Waals surface area (Å²) in [6.07, 6.45) is 12.8. The zero-order valence-corrected chi connectivity index (χ0v) is 40.6. The Morgan fingerprint density at radius 1 is 0.662 bits per heavy atom. The number of imidazole rings is 2. The van der Waals surface area contributed by atoms with Gasteiger partial charge in [0, 0.05) is 117 Å². The highest BCUT2D eigenvalue weighted by Gasteiger charge is 2.25. The van der Waals surface area contributed by atoms with Gasteiger partial charge in [-0.25, -0.2) is 23.4 Å². The van der Waals surface area contributed by atoms with E-state index in [9.17, 15) is 19.8 Å². The lowest BCUT2D eigenvalue weighted by atomic mass is 9.94. The summed E-state index contributed by atoms with van der Waals surface area (Å²) in [6, 6.07) is 18.8. The van der Waals surface area contributed by atoms with Crippen LogP contribution in [0.25, 0.3) is 55.9 Å². The number of nitrogens with two attached hydrogens (primary N) is 1. The number of rotatable bonds is 10. The minimum atomic E-state index is -0.633. The highest BCUT2D eigenvalue weighted by Crippen LogP contribution is 2.44. The Morgan fingerprint density at radius 3 is 1.86 bits per heavy atom. The van der Waals surface area contributed by atoms with Crippen LogP contribution in [0.2, 0.25) is 10.0 Å². The summed E-state index contributed by atoms with van der Waals surface area (Å²) in [5.41, 5.74) is 10.2. The summed E-state index contributed by atoms with van der Waals surface area (Å²) < 4.78 is 36.9. The van der Waals surface area contributed by atoms with Gasteiger partial charge < -0.3 is 35.2 Å². The third-order valence-corrected chi connectivity index (χ3v) is 14.4. The lowest BCUT2D eigenvalue weighted by Crippen LogP contribution is -2.50. The van der Waals surface area contributed by atoms with Crippen molar-refractivity contribution in [2.75, 3.05) is 49.6 Å². The van der Waals surface area contributed by atoms with Crippen LogP contribution in [0.15, 0.2) is 126 Å². The number of aromatic nitrogens is 6. The molecular weight excluding hydrogens is 950 g/mol. The highest BCUT2D eigenvalue weighted by molar-refractivity contribution is 6.33. The van der Waals surface area contributed by atoms with Crippen molar-refractivity contribution in [3.05, 3.63) is 164 Å². The molecule has 0 unspecified atom stereocenters. The number of anilines is 2. The first-order valence-corrected chi connectivity index (χ1v) is 23.9. The minimum Gasteiger partial charge on any atom is -0.507 e. The Bertz CT molecular complexity index is 3470. The predicted molar refractivity (Wildman–Crippen MR) is 274 cm³/mol. The van der Waals surface area contributed by atoms with E-state index in [1.807, 2.05) is 6.07 Å². The maximum absolute atomic E-state index is 15.9. The first kappa shape index (κ1) is 47.4. The van der Waals surface area contributed by atoms with Crippen LogP contribution in [0.1, 0.15) is 25.3 Å². The summed E-state index contributed by atoms with van der Waals surface area (Å²) in [7, 11) is 3.72. The Labute approximate surface area is 417 Å². The van der Waals surface area contributed by atoms with E-state index in [-0.39, 0.29) is 62.1 Å². The Morgan fingerprint density at radius 2 is 1.25 bits per heavy atom. The number of likely N-dealkylation sites (N-methyl/N-ethyl adjacent to an activating group) is 1. The van der Waals surface area contributed by atoms with E-state index >= 15 is 8.78 Å². The molecule has 0 aliphatic carbocycles. The fourth-order valence-corrected chi connectivity index (χ4v) is 10.1. The van der Waals surface area contributed by atoms with Gasteiger partial charge in [0.1, 0.15) is 29.0 Å². The SMILES string of the molecule is C[C@@H]1CN(c2cncc(-c3cc(F)cc(-c4ccc(-n5ccn(Cc6cnc(N7CCC(N)CC7)cc6-c6cc(F)cc(-c7ccc(-n8ccn(C)c8=O)c(Cl)c7)c6O)c5=O)c(Cl)c4)c3O)c2)CCN1C. The third kappa shape index (κ3) is 9.19. The number of aromatic hydroxyl groups is 2. The third-order valence-electron chi connectivity index (χ3n) is 13.8. The first-order chi connectivity index (χ1) is 34.1. The second-order valence-electron chi connectivity index (χ2n) is 18.4. The van der Waals surface area contributed by atoms with Crippen molar-refractivity contribution in [1.82, 2.24) is 33.1 Å². The van der Waals surface area contributed by atoms with E-state index in [1.165, 1.54) is 42.5 Å². The lowest BCUT2D eigenvalue weighted by Gasteiger charge is -2.38. The normalized spacial score (nSPS) is 15.7. The number of aryl methyl sites for hydroxylation is 1. The monoisotopic (exact) mass is 998 g/mol. The van der Waals surface area contributed by atoms with Crippen LogP contribution in [-0.2, 0) is 13.6 Å². The molecule has 6 heterocycles. The van der Waals surface area contributed by atoms with Crippen LogP contribution < -0.4 is 26.9 Å². The number of halogens is 4. The maximum atomic E-state index is 15.9. The molecule has 4 aromatic heterocycles. The highest BCUT2D eigenvalue weighted by atomic mass is 35.5. The molecule has 0 radical (unpaired) electrons. The molecule has 18 heteroatoms. The van der Waals surface area contributed by atoms with Crippen molar-refractivity contribution in [1.29, 1.82) is 0 Å². The number of piperidine rings is 1. The van der Waals surface area contributed by atoms with Gasteiger partial charge in [0.05, 0.1) is 39.8 Å². The largest absolute Gasteiger partial charge is 0.507 e. The molecule has 10 rings (SSSR count). The first-order valence-electron chi connectivity index (χ1n) is 23.2.